The second kappa shape index (κ2) is 20.8. The highest BCUT2D eigenvalue weighted by atomic mass is 16.3. The van der Waals surface area contributed by atoms with Gasteiger partial charge in [0.25, 0.3) is 11.8 Å². The Morgan fingerprint density at radius 2 is 1.65 bits per heavy atom. The number of unbranched alkanes of at least 4 members (excludes halogenated alkanes) is 5. The largest absolute Gasteiger partial charge is 0.369 e. The fraction of sp³-hybridized carbons (Fsp3) is 0.360. The Morgan fingerprint density at radius 3 is 2.42 bits per heavy atom. The number of nitrogens with one attached hydrogen (secondary N) is 3. The van der Waals surface area contributed by atoms with Crippen molar-refractivity contribution >= 4 is 46.9 Å². The molecule has 2 aromatic heterocycles. The number of carbonyl (C=O) groups is 5. The molecule has 2 saturated heterocycles. The van der Waals surface area contributed by atoms with E-state index in [1.807, 2.05) is 84.6 Å². The first-order valence-corrected chi connectivity index (χ1v) is 22.6. The third-order valence-electron chi connectivity index (χ3n) is 12.5. The highest BCUT2D eigenvalue weighted by molar-refractivity contribution is 6.06. The van der Waals surface area contributed by atoms with E-state index in [2.05, 4.69) is 35.8 Å². The number of aromatic nitrogens is 3. The average Bonchev–Trinajstić information content (AvgIpc) is 3.57. The lowest BCUT2D eigenvalue weighted by Crippen LogP contribution is -2.53. The Morgan fingerprint density at radius 1 is 0.862 bits per heavy atom. The summed E-state index contributed by atoms with van der Waals surface area (Å²) in [7, 11) is 0. The zero-order valence-corrected chi connectivity index (χ0v) is 36.7. The molecule has 2 atom stereocenters. The van der Waals surface area contributed by atoms with Crippen LogP contribution in [0.15, 0.2) is 97.5 Å². The van der Waals surface area contributed by atoms with Gasteiger partial charge in [-0.3, -0.25) is 44.1 Å². The molecular weight excluding hydrogens is 823 g/mol. The number of aliphatic hydroxyl groups excluding tert-OH is 1. The van der Waals surface area contributed by atoms with Crippen molar-refractivity contribution in [2.45, 2.75) is 89.9 Å². The summed E-state index contributed by atoms with van der Waals surface area (Å²) in [6.45, 7) is 5.70. The fourth-order valence-corrected chi connectivity index (χ4v) is 8.86. The van der Waals surface area contributed by atoms with Gasteiger partial charge in [-0.15, -0.1) is 0 Å². The number of aryl methyl sites for hydroxylation is 2. The van der Waals surface area contributed by atoms with Crippen LogP contribution in [0.5, 0.6) is 0 Å². The second-order valence-electron chi connectivity index (χ2n) is 17.0. The maximum atomic E-state index is 13.2. The predicted octanol–water partition coefficient (Wildman–Crippen LogP) is 6.71. The molecule has 2 fully saturated rings. The van der Waals surface area contributed by atoms with Gasteiger partial charge in [-0.05, 0) is 97.8 Å². The summed E-state index contributed by atoms with van der Waals surface area (Å²) in [4.78, 5) is 82.3. The summed E-state index contributed by atoms with van der Waals surface area (Å²) < 4.78 is 0. The minimum Gasteiger partial charge on any atom is -0.369 e. The smallest absolute Gasteiger partial charge is 0.257 e. The van der Waals surface area contributed by atoms with Gasteiger partial charge < -0.3 is 20.6 Å². The summed E-state index contributed by atoms with van der Waals surface area (Å²) in [6, 6.07) is 23.5. The molecule has 3 aromatic carbocycles. The number of hydrogen-bond donors (Lipinski definition) is 4. The molecule has 0 saturated carbocycles. The Balaban J connectivity index is 0.709. The van der Waals surface area contributed by atoms with Crippen molar-refractivity contribution in [3.8, 4) is 11.3 Å². The maximum absolute atomic E-state index is 13.2. The molecule has 8 rings (SSSR count). The number of hydrogen-bond acceptors (Lipinski definition) is 11. The molecule has 2 unspecified atom stereocenters. The van der Waals surface area contributed by atoms with Crippen LogP contribution in [0.3, 0.4) is 0 Å². The third-order valence-corrected chi connectivity index (χ3v) is 12.5. The van der Waals surface area contributed by atoms with Crippen molar-refractivity contribution in [2.24, 2.45) is 0 Å². The highest BCUT2D eigenvalue weighted by Crippen LogP contribution is 2.38. The van der Waals surface area contributed by atoms with Gasteiger partial charge in [0.2, 0.25) is 23.7 Å². The van der Waals surface area contributed by atoms with Crippen molar-refractivity contribution in [1.82, 2.24) is 35.0 Å². The topological polar surface area (TPSA) is 190 Å². The van der Waals surface area contributed by atoms with E-state index < -0.39 is 18.2 Å². The van der Waals surface area contributed by atoms with Crippen molar-refractivity contribution in [3.05, 3.63) is 131 Å². The molecule has 15 heteroatoms. The van der Waals surface area contributed by atoms with Gasteiger partial charge in [-0.25, -0.2) is 9.97 Å². The van der Waals surface area contributed by atoms with Crippen LogP contribution in [0.25, 0.3) is 11.3 Å². The van der Waals surface area contributed by atoms with E-state index in [-0.39, 0.29) is 36.5 Å². The quantitative estimate of drug-likeness (QED) is 0.0574. The third kappa shape index (κ3) is 10.9. The molecule has 4 N–H and O–H groups in total. The lowest BCUT2D eigenvalue weighted by Gasteiger charge is -2.35. The molecule has 5 amide bonds. The lowest BCUT2D eigenvalue weighted by molar-refractivity contribution is -0.139. The molecule has 5 heterocycles. The van der Waals surface area contributed by atoms with Gasteiger partial charge in [-0.1, -0.05) is 56.0 Å². The van der Waals surface area contributed by atoms with E-state index >= 15 is 0 Å². The van der Waals surface area contributed by atoms with Crippen LogP contribution in [0.1, 0.15) is 107 Å². The number of piperidine rings is 1. The Hall–Kier alpha value is -6.84. The number of amides is 5. The average molecular weight is 878 g/mol. The molecular formula is C50H55N9O6. The predicted molar refractivity (Wildman–Crippen MR) is 246 cm³/mol. The van der Waals surface area contributed by atoms with Gasteiger partial charge in [-0.2, -0.15) is 0 Å². The summed E-state index contributed by atoms with van der Waals surface area (Å²) in [6.07, 6.45) is 11.3. The minimum absolute atomic E-state index is 0.130. The first kappa shape index (κ1) is 44.8. The molecule has 0 bridgehead atoms. The van der Waals surface area contributed by atoms with Crippen LogP contribution in [0, 0.1) is 6.92 Å². The van der Waals surface area contributed by atoms with Crippen LogP contribution < -0.4 is 16.0 Å². The van der Waals surface area contributed by atoms with Crippen LogP contribution >= 0.6 is 0 Å². The zero-order chi connectivity index (χ0) is 45.3. The molecule has 65 heavy (non-hydrogen) atoms. The first-order chi connectivity index (χ1) is 31.6. The van der Waals surface area contributed by atoms with Gasteiger partial charge in [0.1, 0.15) is 6.04 Å². The van der Waals surface area contributed by atoms with Crippen molar-refractivity contribution in [1.29, 1.82) is 0 Å². The first-order valence-electron chi connectivity index (χ1n) is 22.6. The molecule has 0 aliphatic carbocycles. The monoisotopic (exact) mass is 877 g/mol. The minimum atomic E-state index is -1.21. The fourth-order valence-electron chi connectivity index (χ4n) is 8.86. The van der Waals surface area contributed by atoms with Crippen LogP contribution in [0.4, 0.5) is 17.3 Å². The Bertz CT molecular complexity index is 2530. The van der Waals surface area contributed by atoms with E-state index in [1.165, 1.54) is 4.90 Å². The van der Waals surface area contributed by atoms with E-state index in [4.69, 9.17) is 0 Å². The van der Waals surface area contributed by atoms with Crippen molar-refractivity contribution < 1.29 is 29.1 Å². The summed E-state index contributed by atoms with van der Waals surface area (Å²) in [5.41, 5.74) is 7.60. The Kier molecular flexibility index (Phi) is 14.3. The number of carbonyl (C=O) groups excluding carboxylic acids is 5. The highest BCUT2D eigenvalue weighted by Gasteiger charge is 2.45. The number of benzene rings is 3. The van der Waals surface area contributed by atoms with Gasteiger partial charge >= 0.3 is 0 Å². The normalized spacial score (nSPS) is 17.5. The standard InChI is InChI=1S/C50H55N9O6/c1-33-15-20-38(30-41(33)55-50-52-25-23-40(54-50)37-12-9-24-51-31-37)53-46(62)36-18-16-34(17-19-36)32-57-26-28-58(29-27-57)44(61)14-7-5-3-2-4-6-10-35-11-8-13-39-45(35)49(65)59(48(39)64)42-21-22-43(60)56-47(42)63/h8-9,11-13,15-20,23-25,30-31,42,49,65H,2-7,10,14,21-22,26-29,32H2,1H3,(H,53,62)(H,52,54,55)(H,56,60,63). The van der Waals surface area contributed by atoms with E-state index in [1.54, 1.807) is 24.7 Å². The van der Waals surface area contributed by atoms with Gasteiger partial charge in [0.05, 0.1) is 5.69 Å². The number of pyridine rings is 1. The molecule has 0 spiro atoms. The number of anilines is 3. The van der Waals surface area contributed by atoms with E-state index in [0.29, 0.717) is 54.3 Å². The van der Waals surface area contributed by atoms with Crippen LogP contribution in [-0.4, -0.2) is 96.5 Å². The summed E-state index contributed by atoms with van der Waals surface area (Å²) in [5, 5.41) is 19.7. The molecule has 5 aromatic rings. The number of piperazine rings is 1. The lowest BCUT2D eigenvalue weighted by atomic mass is 9.97. The van der Waals surface area contributed by atoms with Crippen LogP contribution in [-0.2, 0) is 27.3 Å². The molecule has 15 nitrogen and oxygen atoms in total. The molecule has 3 aliphatic heterocycles. The zero-order valence-electron chi connectivity index (χ0n) is 36.7. The number of aliphatic hydroxyl groups is 1. The molecule has 3 aliphatic rings. The second-order valence-corrected chi connectivity index (χ2v) is 17.0. The summed E-state index contributed by atoms with van der Waals surface area (Å²) in [5.74, 6) is -0.854. The number of rotatable bonds is 17. The summed E-state index contributed by atoms with van der Waals surface area (Å²) >= 11 is 0. The maximum Gasteiger partial charge on any atom is 0.257 e. The number of nitrogens with zero attached hydrogens (tertiary/aromatic N) is 6. The van der Waals surface area contributed by atoms with Crippen molar-refractivity contribution in [2.75, 3.05) is 36.8 Å². The SMILES string of the molecule is Cc1ccc(NC(=O)c2ccc(CN3CCN(C(=O)CCCCCCCCc4cccc5c4C(O)N(C4CCC(=O)NC4=O)C5=O)CC3)cc2)cc1Nc1nccc(-c2cccnc2)n1. The number of fused-ring (bicyclic) bond motifs is 1. The van der Waals surface area contributed by atoms with Crippen molar-refractivity contribution in [3.63, 3.8) is 0 Å². The van der Waals surface area contributed by atoms with E-state index in [9.17, 15) is 29.1 Å². The Labute approximate surface area is 378 Å². The van der Waals surface area contributed by atoms with E-state index in [0.717, 1.165) is 91.8 Å². The van der Waals surface area contributed by atoms with Gasteiger partial charge in [0, 0.05) is 97.8 Å². The molecule has 0 radical (unpaired) electrons. The number of imide groups is 1. The molecule has 336 valence electrons. The van der Waals surface area contributed by atoms with Gasteiger partial charge in [0.15, 0.2) is 6.23 Å². The van der Waals surface area contributed by atoms with Crippen LogP contribution in [0.2, 0.25) is 0 Å².